The van der Waals surface area contributed by atoms with E-state index in [0.717, 1.165) is 39.2 Å². The highest BCUT2D eigenvalue weighted by atomic mass is 28.4. The minimum Gasteiger partial charge on any atom is -0.508 e. The van der Waals surface area contributed by atoms with Crippen LogP contribution in [0.4, 0.5) is 17.1 Å². The molecule has 8 heteroatoms. The van der Waals surface area contributed by atoms with Gasteiger partial charge in [-0.3, -0.25) is 14.5 Å². The molecule has 318 valence electrons. The SMILES string of the molecule is CC(C)(C)[Si](OCC1=C2[C@@H](CC/C(=C/c3cccc(O)c3)c3ccccc3)OC[C@@H]2[C@@H]2C(=O)N(c3ccc(Nc4ccccc4)cc3)C(=O)[C@@H]2C1)(c1ccccc1)c1ccccc1. The summed E-state index contributed by atoms with van der Waals surface area (Å²) in [7, 11) is -2.96. The highest BCUT2D eigenvalue weighted by molar-refractivity contribution is 6.99. The number of hydrogen-bond acceptors (Lipinski definition) is 6. The third-order valence-corrected chi connectivity index (χ3v) is 18.1. The fourth-order valence-corrected chi connectivity index (χ4v) is 14.8. The van der Waals surface area contributed by atoms with Crippen molar-refractivity contribution in [3.8, 4) is 5.75 Å². The fourth-order valence-electron chi connectivity index (χ4n) is 10.3. The first-order chi connectivity index (χ1) is 30.6. The van der Waals surface area contributed by atoms with Crippen molar-refractivity contribution in [1.29, 1.82) is 0 Å². The normalized spacial score (nSPS) is 20.2. The maximum Gasteiger partial charge on any atom is 0.261 e. The molecule has 4 atom stereocenters. The van der Waals surface area contributed by atoms with Crippen molar-refractivity contribution in [2.45, 2.75) is 51.2 Å². The summed E-state index contributed by atoms with van der Waals surface area (Å²) in [6.45, 7) is 7.52. The number of ether oxygens (including phenoxy) is 1. The molecule has 2 N–H and O–H groups in total. The van der Waals surface area contributed by atoms with E-state index in [2.05, 4.69) is 92.8 Å². The van der Waals surface area contributed by atoms with Crippen LogP contribution in [-0.2, 0) is 18.8 Å². The molecule has 63 heavy (non-hydrogen) atoms. The van der Waals surface area contributed by atoms with E-state index in [-0.39, 0.29) is 34.6 Å². The first-order valence-electron chi connectivity index (χ1n) is 22.0. The molecule has 6 aromatic rings. The lowest BCUT2D eigenvalue weighted by Gasteiger charge is -2.44. The number of fused-ring (bicyclic) bond motifs is 3. The summed E-state index contributed by atoms with van der Waals surface area (Å²) in [5.41, 5.74) is 7.72. The number of nitrogens with zero attached hydrogens (tertiary/aromatic N) is 1. The van der Waals surface area contributed by atoms with E-state index >= 15 is 0 Å². The van der Waals surface area contributed by atoms with Gasteiger partial charge in [-0.2, -0.15) is 0 Å². The predicted octanol–water partition coefficient (Wildman–Crippen LogP) is 10.6. The monoisotopic (exact) mass is 850 g/mol. The van der Waals surface area contributed by atoms with Gasteiger partial charge in [-0.1, -0.05) is 148 Å². The van der Waals surface area contributed by atoms with Gasteiger partial charge in [0.05, 0.1) is 36.8 Å². The van der Waals surface area contributed by atoms with Crippen molar-refractivity contribution in [2.75, 3.05) is 23.4 Å². The van der Waals surface area contributed by atoms with Crippen LogP contribution < -0.4 is 20.6 Å². The van der Waals surface area contributed by atoms with E-state index < -0.39 is 20.2 Å². The molecule has 2 heterocycles. The Hall–Kier alpha value is -6.32. The number of amides is 2. The number of phenols is 1. The zero-order valence-corrected chi connectivity index (χ0v) is 37.1. The lowest BCUT2D eigenvalue weighted by Crippen LogP contribution is -2.66. The number of imide groups is 1. The lowest BCUT2D eigenvalue weighted by molar-refractivity contribution is -0.122. The van der Waals surface area contributed by atoms with Crippen LogP contribution in [0.5, 0.6) is 5.75 Å². The summed E-state index contributed by atoms with van der Waals surface area (Å²) in [6.07, 6.45) is 3.66. The van der Waals surface area contributed by atoms with E-state index in [0.29, 0.717) is 38.2 Å². The number of aromatic hydroxyl groups is 1. The molecule has 0 saturated carbocycles. The number of phenolic OH excluding ortho intramolecular Hbond substituents is 1. The minimum absolute atomic E-state index is 0.166. The highest BCUT2D eigenvalue weighted by Gasteiger charge is 2.58. The minimum atomic E-state index is -2.96. The summed E-state index contributed by atoms with van der Waals surface area (Å²) in [5, 5.41) is 15.8. The van der Waals surface area contributed by atoms with Gasteiger partial charge in [-0.15, -0.1) is 0 Å². The Balaban J connectivity index is 1.08. The van der Waals surface area contributed by atoms with E-state index in [9.17, 15) is 14.7 Å². The number of carbonyl (C=O) groups excluding carboxylic acids is 2. The Labute approximate surface area is 371 Å². The number of hydrogen-bond donors (Lipinski definition) is 2. The molecular weight excluding hydrogens is 797 g/mol. The topological polar surface area (TPSA) is 88.1 Å². The van der Waals surface area contributed by atoms with Crippen LogP contribution in [0.15, 0.2) is 181 Å². The Bertz CT molecular complexity index is 2590. The average Bonchev–Trinajstić information content (AvgIpc) is 3.83. The number of rotatable bonds is 13. The highest BCUT2D eigenvalue weighted by Crippen LogP contribution is 2.51. The van der Waals surface area contributed by atoms with Crippen molar-refractivity contribution in [1.82, 2.24) is 0 Å². The van der Waals surface area contributed by atoms with Gasteiger partial charge in [-0.05, 0) is 111 Å². The summed E-state index contributed by atoms with van der Waals surface area (Å²) in [4.78, 5) is 30.8. The number of carbonyl (C=O) groups is 2. The largest absolute Gasteiger partial charge is 0.508 e. The van der Waals surface area contributed by atoms with Crippen LogP contribution in [0.3, 0.4) is 0 Å². The molecule has 0 aromatic heterocycles. The van der Waals surface area contributed by atoms with Crippen molar-refractivity contribution in [3.63, 3.8) is 0 Å². The molecule has 2 saturated heterocycles. The number of anilines is 3. The Morgan fingerprint density at radius 3 is 1.97 bits per heavy atom. The smallest absolute Gasteiger partial charge is 0.261 e. The number of allylic oxidation sites excluding steroid dienone is 1. The Morgan fingerprint density at radius 2 is 1.35 bits per heavy atom. The van der Waals surface area contributed by atoms with E-state index in [4.69, 9.17) is 9.16 Å². The fraction of sp³-hybridized carbons (Fsp3) is 0.236. The Kier molecular flexibility index (Phi) is 11.9. The summed E-state index contributed by atoms with van der Waals surface area (Å²) in [6, 6.07) is 56.4. The van der Waals surface area contributed by atoms with Crippen LogP contribution >= 0.6 is 0 Å². The molecule has 1 aliphatic carbocycles. The lowest BCUT2D eigenvalue weighted by atomic mass is 9.69. The maximum absolute atomic E-state index is 14.7. The van der Waals surface area contributed by atoms with Gasteiger partial charge in [-0.25, -0.2) is 0 Å². The standard InChI is InChI=1S/C55H54N2O5Si/c1-55(2,3)63(46-23-12-6-13-24-46,47-25-14-7-15-26-47)62-36-41-35-48-52(54(60)57(53(48)59)44-30-28-43(29-31-44)56-42-20-10-5-11-21-42)49-37-61-50(51(41)49)32-27-40(39-18-8-4-9-19-39)33-38-17-16-22-45(58)34-38/h4-26,28-31,33-34,48-50,52,56,58H,27,32,35-37H2,1-3H3/b40-33-/t48-,49+,50-,52-/m1/s1. The zero-order chi connectivity index (χ0) is 43.6. The van der Waals surface area contributed by atoms with Crippen LogP contribution in [0.25, 0.3) is 11.6 Å². The van der Waals surface area contributed by atoms with Gasteiger partial charge >= 0.3 is 0 Å². The molecule has 9 rings (SSSR count). The molecule has 3 aliphatic rings. The van der Waals surface area contributed by atoms with Gasteiger partial charge < -0.3 is 19.6 Å². The second kappa shape index (κ2) is 17.8. The van der Waals surface area contributed by atoms with E-state index in [1.165, 1.54) is 15.3 Å². The van der Waals surface area contributed by atoms with Gasteiger partial charge in [0, 0.05) is 17.3 Å². The second-order valence-corrected chi connectivity index (χ2v) is 22.3. The van der Waals surface area contributed by atoms with Crippen molar-refractivity contribution in [2.24, 2.45) is 17.8 Å². The molecule has 2 aliphatic heterocycles. The molecule has 2 amide bonds. The van der Waals surface area contributed by atoms with Crippen LogP contribution in [0.1, 0.15) is 51.2 Å². The molecule has 0 bridgehead atoms. The molecular formula is C55H54N2O5Si. The average molecular weight is 851 g/mol. The van der Waals surface area contributed by atoms with Crippen molar-refractivity contribution < 1.29 is 23.9 Å². The first kappa shape index (κ1) is 42.0. The van der Waals surface area contributed by atoms with Crippen molar-refractivity contribution >= 4 is 59.2 Å². The number of para-hydroxylation sites is 1. The second-order valence-electron chi connectivity index (χ2n) is 18.0. The molecule has 0 spiro atoms. The summed E-state index contributed by atoms with van der Waals surface area (Å²) < 4.78 is 14.4. The molecule has 0 unspecified atom stereocenters. The summed E-state index contributed by atoms with van der Waals surface area (Å²) >= 11 is 0. The molecule has 2 fully saturated rings. The van der Waals surface area contributed by atoms with Crippen LogP contribution in [0.2, 0.25) is 5.04 Å². The van der Waals surface area contributed by atoms with Gasteiger partial charge in [0.2, 0.25) is 11.8 Å². The maximum atomic E-state index is 14.7. The quantitative estimate of drug-likeness (QED) is 0.0521. The Morgan fingerprint density at radius 1 is 0.746 bits per heavy atom. The molecule has 0 radical (unpaired) electrons. The number of nitrogens with one attached hydrogen (secondary N) is 1. The third-order valence-electron chi connectivity index (χ3n) is 13.1. The predicted molar refractivity (Wildman–Crippen MR) is 256 cm³/mol. The first-order valence-corrected chi connectivity index (χ1v) is 23.9. The van der Waals surface area contributed by atoms with E-state index in [1.807, 2.05) is 97.1 Å². The van der Waals surface area contributed by atoms with Crippen molar-refractivity contribution in [3.05, 3.63) is 192 Å². The summed E-state index contributed by atoms with van der Waals surface area (Å²) in [5.74, 6) is -1.44. The van der Waals surface area contributed by atoms with Gasteiger partial charge in [0.25, 0.3) is 8.32 Å². The molecule has 6 aromatic carbocycles. The zero-order valence-electron chi connectivity index (χ0n) is 36.1. The van der Waals surface area contributed by atoms with Gasteiger partial charge in [0.15, 0.2) is 0 Å². The number of benzene rings is 6. The third kappa shape index (κ3) is 8.34. The van der Waals surface area contributed by atoms with E-state index in [1.54, 1.807) is 12.1 Å². The van der Waals surface area contributed by atoms with Crippen LogP contribution in [-0.4, -0.2) is 44.6 Å². The van der Waals surface area contributed by atoms with Gasteiger partial charge in [0.1, 0.15) is 5.75 Å². The molecule has 7 nitrogen and oxygen atoms in total. The van der Waals surface area contributed by atoms with Crippen LogP contribution in [0, 0.1) is 17.8 Å².